The molecule has 1 rings (SSSR count). The number of rotatable bonds is 6. The molecule has 0 radical (unpaired) electrons. The van der Waals surface area contributed by atoms with Crippen LogP contribution in [0.3, 0.4) is 0 Å². The van der Waals surface area contributed by atoms with E-state index in [9.17, 15) is 0 Å². The molecule has 1 aliphatic carbocycles. The molecule has 0 amide bonds. The minimum absolute atomic E-state index is 0.548. The Morgan fingerprint density at radius 2 is 1.62 bits per heavy atom. The van der Waals surface area contributed by atoms with Crippen LogP contribution < -0.4 is 0 Å². The van der Waals surface area contributed by atoms with Crippen LogP contribution in [0.5, 0.6) is 0 Å². The van der Waals surface area contributed by atoms with E-state index >= 15 is 0 Å². The van der Waals surface area contributed by atoms with Crippen molar-refractivity contribution in [3.8, 4) is 0 Å². The Morgan fingerprint density at radius 3 is 1.92 bits per heavy atom. The predicted octanol–water partition coefficient (Wildman–Crippen LogP) is 3.81. The van der Waals surface area contributed by atoms with Crippen molar-refractivity contribution in [3.63, 3.8) is 0 Å². The van der Waals surface area contributed by atoms with Crippen molar-refractivity contribution < 1.29 is 4.43 Å². The molecule has 1 fully saturated rings. The first-order valence-corrected chi connectivity index (χ1v) is 8.38. The Bertz CT molecular complexity index is 142. The molecule has 13 heavy (non-hydrogen) atoms. The summed E-state index contributed by atoms with van der Waals surface area (Å²) in [5.41, 5.74) is 0. The van der Waals surface area contributed by atoms with Gasteiger partial charge in [0, 0.05) is 6.10 Å². The van der Waals surface area contributed by atoms with Gasteiger partial charge in [-0.2, -0.15) is 0 Å². The van der Waals surface area contributed by atoms with Gasteiger partial charge in [0.05, 0.1) is 0 Å². The van der Waals surface area contributed by atoms with Crippen molar-refractivity contribution >= 4 is 8.32 Å². The second-order valence-corrected chi connectivity index (χ2v) is 9.13. The fraction of sp³-hybridized carbons (Fsp3) is 1.00. The Morgan fingerprint density at radius 1 is 1.15 bits per heavy atom. The highest BCUT2D eigenvalue weighted by Gasteiger charge is 2.36. The Labute approximate surface area is 84.0 Å². The van der Waals surface area contributed by atoms with Crippen LogP contribution in [-0.4, -0.2) is 14.4 Å². The van der Waals surface area contributed by atoms with Crippen LogP contribution in [0, 0.1) is 5.92 Å². The molecule has 2 heteroatoms. The highest BCUT2D eigenvalue weighted by Crippen LogP contribution is 2.37. The maximum Gasteiger partial charge on any atom is 0.192 e. The van der Waals surface area contributed by atoms with Gasteiger partial charge in [0.2, 0.25) is 0 Å². The van der Waals surface area contributed by atoms with E-state index in [0.29, 0.717) is 6.10 Å². The zero-order valence-electron chi connectivity index (χ0n) is 9.60. The molecule has 0 saturated heterocycles. The molecule has 78 valence electrons. The lowest BCUT2D eigenvalue weighted by Gasteiger charge is -2.31. The quantitative estimate of drug-likeness (QED) is 0.593. The average Bonchev–Trinajstić information content (AvgIpc) is 2.97. The monoisotopic (exact) mass is 200 g/mol. The molecule has 0 aromatic carbocycles. The highest BCUT2D eigenvalue weighted by molar-refractivity contribution is 6.73. The normalized spacial score (nSPS) is 20.3. The van der Waals surface area contributed by atoms with E-state index in [1.807, 2.05) is 0 Å². The van der Waals surface area contributed by atoms with E-state index in [4.69, 9.17) is 4.43 Å². The van der Waals surface area contributed by atoms with Crippen LogP contribution in [0.1, 0.15) is 40.5 Å². The minimum atomic E-state index is -1.30. The number of hydrogen-bond donors (Lipinski definition) is 0. The zero-order chi connectivity index (χ0) is 9.90. The van der Waals surface area contributed by atoms with Crippen LogP contribution in [0.25, 0.3) is 0 Å². The largest absolute Gasteiger partial charge is 0.414 e. The third kappa shape index (κ3) is 2.81. The van der Waals surface area contributed by atoms with E-state index in [2.05, 4.69) is 27.7 Å². The molecule has 1 nitrogen and oxygen atoms in total. The molecule has 0 aromatic rings. The van der Waals surface area contributed by atoms with Gasteiger partial charge >= 0.3 is 0 Å². The molecule has 1 atom stereocenters. The second kappa shape index (κ2) is 4.60. The van der Waals surface area contributed by atoms with Crippen LogP contribution >= 0.6 is 0 Å². The summed E-state index contributed by atoms with van der Waals surface area (Å²) in [7, 11) is -1.30. The third-order valence-corrected chi connectivity index (χ3v) is 8.39. The molecule has 0 heterocycles. The highest BCUT2D eigenvalue weighted by atomic mass is 28.4. The van der Waals surface area contributed by atoms with E-state index in [0.717, 1.165) is 5.92 Å². The van der Waals surface area contributed by atoms with E-state index in [1.54, 1.807) is 0 Å². The van der Waals surface area contributed by atoms with Crippen LogP contribution in [0.4, 0.5) is 0 Å². The molecular formula is C11H24OSi. The lowest BCUT2D eigenvalue weighted by atomic mass is 10.3. The van der Waals surface area contributed by atoms with Crippen molar-refractivity contribution in [1.29, 1.82) is 0 Å². The van der Waals surface area contributed by atoms with Gasteiger partial charge in [0.15, 0.2) is 8.32 Å². The first-order valence-electron chi connectivity index (χ1n) is 5.85. The fourth-order valence-corrected chi connectivity index (χ4v) is 5.04. The summed E-state index contributed by atoms with van der Waals surface area (Å²) in [4.78, 5) is 0. The first-order chi connectivity index (χ1) is 6.17. The summed E-state index contributed by atoms with van der Waals surface area (Å²) >= 11 is 0. The molecule has 0 aromatic heterocycles. The smallest absolute Gasteiger partial charge is 0.192 e. The topological polar surface area (TPSA) is 9.23 Å². The maximum atomic E-state index is 6.35. The van der Waals surface area contributed by atoms with E-state index in [-0.39, 0.29) is 0 Å². The van der Waals surface area contributed by atoms with Gasteiger partial charge < -0.3 is 4.43 Å². The second-order valence-electron chi connectivity index (χ2n) is 4.40. The predicted molar refractivity (Wildman–Crippen MR) is 60.5 cm³/mol. The van der Waals surface area contributed by atoms with Crippen molar-refractivity contribution in [1.82, 2.24) is 0 Å². The van der Waals surface area contributed by atoms with Gasteiger partial charge in [0.25, 0.3) is 0 Å². The minimum Gasteiger partial charge on any atom is -0.414 e. The van der Waals surface area contributed by atoms with Gasteiger partial charge in [-0.05, 0) is 43.8 Å². The molecule has 0 aliphatic heterocycles. The summed E-state index contributed by atoms with van der Waals surface area (Å²) in [6, 6.07) is 3.87. The van der Waals surface area contributed by atoms with Crippen LogP contribution in [0.15, 0.2) is 0 Å². The summed E-state index contributed by atoms with van der Waals surface area (Å²) in [6.45, 7) is 9.19. The van der Waals surface area contributed by atoms with Crippen molar-refractivity contribution in [3.05, 3.63) is 0 Å². The SMILES string of the molecule is CC[Si](CC)(CC)OC(C)C1CC1. The van der Waals surface area contributed by atoms with Crippen molar-refractivity contribution in [2.24, 2.45) is 5.92 Å². The van der Waals surface area contributed by atoms with E-state index in [1.165, 1.54) is 31.0 Å². The van der Waals surface area contributed by atoms with E-state index < -0.39 is 8.32 Å². The van der Waals surface area contributed by atoms with Crippen molar-refractivity contribution in [2.75, 3.05) is 0 Å². The first kappa shape index (κ1) is 11.3. The molecule has 0 spiro atoms. The van der Waals surface area contributed by atoms with Gasteiger partial charge in [-0.25, -0.2) is 0 Å². The fourth-order valence-electron chi connectivity index (χ4n) is 2.06. The summed E-state index contributed by atoms with van der Waals surface area (Å²) in [5, 5.41) is 0. The Balaban J connectivity index is 2.44. The van der Waals surface area contributed by atoms with Crippen molar-refractivity contribution in [2.45, 2.75) is 64.8 Å². The summed E-state index contributed by atoms with van der Waals surface area (Å²) < 4.78 is 6.35. The lowest BCUT2D eigenvalue weighted by molar-refractivity contribution is 0.183. The molecular weight excluding hydrogens is 176 g/mol. The van der Waals surface area contributed by atoms with Gasteiger partial charge in [-0.1, -0.05) is 20.8 Å². The molecule has 1 saturated carbocycles. The Hall–Kier alpha value is 0.177. The summed E-state index contributed by atoms with van der Waals surface area (Å²) in [6.07, 6.45) is 3.36. The zero-order valence-corrected chi connectivity index (χ0v) is 10.6. The van der Waals surface area contributed by atoms with Gasteiger partial charge in [-0.3, -0.25) is 0 Å². The summed E-state index contributed by atoms with van der Waals surface area (Å²) in [5.74, 6) is 0.900. The Kier molecular flexibility index (Phi) is 3.99. The average molecular weight is 200 g/mol. The van der Waals surface area contributed by atoms with Gasteiger partial charge in [0.1, 0.15) is 0 Å². The molecule has 1 aliphatic rings. The van der Waals surface area contributed by atoms with Crippen LogP contribution in [-0.2, 0) is 4.43 Å². The maximum absolute atomic E-state index is 6.35. The molecule has 0 bridgehead atoms. The standard InChI is InChI=1S/C11H24OSi/c1-5-13(6-2,7-3)12-10(4)11-8-9-11/h10-11H,5-9H2,1-4H3. The molecule has 1 unspecified atom stereocenters. The van der Waals surface area contributed by atoms with Gasteiger partial charge in [-0.15, -0.1) is 0 Å². The van der Waals surface area contributed by atoms with Crippen LogP contribution in [0.2, 0.25) is 18.1 Å². The lowest BCUT2D eigenvalue weighted by Crippen LogP contribution is -2.39. The molecule has 0 N–H and O–H groups in total. The third-order valence-electron chi connectivity index (χ3n) is 3.65. The number of hydrogen-bond acceptors (Lipinski definition) is 1.